The van der Waals surface area contributed by atoms with Crippen LogP contribution in [0.4, 0.5) is 4.79 Å². The van der Waals surface area contributed by atoms with E-state index in [-0.39, 0.29) is 5.91 Å². The largest absolute Gasteiger partial charge is 0.494 e. The Labute approximate surface area is 118 Å². The normalized spacial score (nSPS) is 9.65. The first-order valence-corrected chi connectivity index (χ1v) is 6.48. The average Bonchev–Trinajstić information content (AvgIpc) is 2.49. The van der Waals surface area contributed by atoms with Crippen molar-refractivity contribution in [3.63, 3.8) is 0 Å². The maximum absolute atomic E-state index is 11.5. The van der Waals surface area contributed by atoms with Gasteiger partial charge in [-0.25, -0.2) is 4.79 Å². The summed E-state index contributed by atoms with van der Waals surface area (Å²) in [5, 5.41) is 5.17. The van der Waals surface area contributed by atoms with Crippen molar-refractivity contribution in [2.45, 2.75) is 12.8 Å². The van der Waals surface area contributed by atoms with E-state index >= 15 is 0 Å². The fraction of sp³-hybridized carbons (Fsp3) is 0.429. The van der Waals surface area contributed by atoms with Gasteiger partial charge in [-0.2, -0.15) is 0 Å². The second kappa shape index (κ2) is 9.66. The quantitative estimate of drug-likeness (QED) is 0.704. The van der Waals surface area contributed by atoms with Gasteiger partial charge < -0.3 is 20.1 Å². The van der Waals surface area contributed by atoms with Crippen LogP contribution < -0.4 is 15.4 Å². The zero-order chi connectivity index (χ0) is 14.6. The Morgan fingerprint density at radius 2 is 1.80 bits per heavy atom. The molecule has 0 aliphatic rings. The van der Waals surface area contributed by atoms with Gasteiger partial charge in [0.25, 0.3) is 0 Å². The molecule has 0 heterocycles. The van der Waals surface area contributed by atoms with Crippen LogP contribution in [0.5, 0.6) is 5.75 Å². The lowest BCUT2D eigenvalue weighted by Gasteiger charge is -2.07. The van der Waals surface area contributed by atoms with Crippen LogP contribution in [-0.2, 0) is 9.53 Å². The second-order valence-electron chi connectivity index (χ2n) is 4.03. The monoisotopic (exact) mass is 280 g/mol. The molecule has 0 aromatic heterocycles. The third-order valence-corrected chi connectivity index (χ3v) is 2.46. The first-order valence-electron chi connectivity index (χ1n) is 6.48. The van der Waals surface area contributed by atoms with Crippen LogP contribution in [0.3, 0.4) is 0 Å². The molecule has 0 fully saturated rings. The molecule has 0 aliphatic carbocycles. The molecule has 0 unspecified atom stereocenters. The molecule has 0 saturated heterocycles. The van der Waals surface area contributed by atoms with E-state index in [0.29, 0.717) is 32.5 Å². The van der Waals surface area contributed by atoms with E-state index in [9.17, 15) is 9.59 Å². The summed E-state index contributed by atoms with van der Waals surface area (Å²) in [6, 6.07) is 9.46. The molecule has 0 spiro atoms. The van der Waals surface area contributed by atoms with E-state index < -0.39 is 6.09 Å². The number of benzene rings is 1. The Morgan fingerprint density at radius 1 is 1.10 bits per heavy atom. The van der Waals surface area contributed by atoms with Crippen molar-refractivity contribution < 1.29 is 19.1 Å². The highest BCUT2D eigenvalue weighted by Crippen LogP contribution is 2.08. The summed E-state index contributed by atoms with van der Waals surface area (Å²) < 4.78 is 9.87. The first-order chi connectivity index (χ1) is 9.72. The lowest BCUT2D eigenvalue weighted by atomic mass is 10.3. The van der Waals surface area contributed by atoms with Crippen LogP contribution in [0.1, 0.15) is 12.8 Å². The van der Waals surface area contributed by atoms with Crippen molar-refractivity contribution in [3.05, 3.63) is 30.3 Å². The zero-order valence-electron chi connectivity index (χ0n) is 11.6. The average molecular weight is 280 g/mol. The molecule has 2 N–H and O–H groups in total. The number of nitrogens with one attached hydrogen (secondary N) is 2. The predicted molar refractivity (Wildman–Crippen MR) is 74.6 cm³/mol. The van der Waals surface area contributed by atoms with Crippen LogP contribution >= 0.6 is 0 Å². The number of carbonyl (C=O) groups excluding carboxylic acids is 2. The van der Waals surface area contributed by atoms with Crippen molar-refractivity contribution in [1.29, 1.82) is 0 Å². The molecule has 0 radical (unpaired) electrons. The molecule has 1 aromatic carbocycles. The highest BCUT2D eigenvalue weighted by atomic mass is 16.5. The Hall–Kier alpha value is -2.24. The van der Waals surface area contributed by atoms with Gasteiger partial charge in [0.15, 0.2) is 0 Å². The van der Waals surface area contributed by atoms with Gasteiger partial charge in [0.2, 0.25) is 5.91 Å². The summed E-state index contributed by atoms with van der Waals surface area (Å²) in [5.41, 5.74) is 0. The maximum atomic E-state index is 11.5. The Balaban J connectivity index is 1.99. The molecule has 1 aromatic rings. The molecule has 1 rings (SSSR count). The predicted octanol–water partition coefficient (Wildman–Crippen LogP) is 1.32. The van der Waals surface area contributed by atoms with Crippen molar-refractivity contribution in [2.75, 3.05) is 26.8 Å². The lowest BCUT2D eigenvalue weighted by Crippen LogP contribution is -2.34. The highest BCUT2D eigenvalue weighted by Gasteiger charge is 2.02. The number of ether oxygens (including phenoxy) is 2. The van der Waals surface area contributed by atoms with Crippen LogP contribution in [0.2, 0.25) is 0 Å². The van der Waals surface area contributed by atoms with Crippen LogP contribution in [0.25, 0.3) is 0 Å². The molecule has 110 valence electrons. The SMILES string of the molecule is COC(=O)NCCNC(=O)CCCOc1ccccc1. The summed E-state index contributed by atoms with van der Waals surface area (Å²) in [7, 11) is 1.29. The van der Waals surface area contributed by atoms with Gasteiger partial charge in [0.05, 0.1) is 13.7 Å². The van der Waals surface area contributed by atoms with Gasteiger partial charge in [0, 0.05) is 19.5 Å². The van der Waals surface area contributed by atoms with E-state index in [1.807, 2.05) is 30.3 Å². The number of hydrogen-bond donors (Lipinski definition) is 2. The number of hydrogen-bond acceptors (Lipinski definition) is 4. The van der Waals surface area contributed by atoms with Gasteiger partial charge in [-0.1, -0.05) is 18.2 Å². The smallest absolute Gasteiger partial charge is 0.406 e. The second-order valence-corrected chi connectivity index (χ2v) is 4.03. The minimum absolute atomic E-state index is 0.0617. The molecule has 6 heteroatoms. The summed E-state index contributed by atoms with van der Waals surface area (Å²) in [6.07, 6.45) is 0.534. The number of para-hydroxylation sites is 1. The lowest BCUT2D eigenvalue weighted by molar-refractivity contribution is -0.121. The van der Waals surface area contributed by atoms with Gasteiger partial charge in [-0.05, 0) is 18.6 Å². The standard InChI is InChI=1S/C14H20N2O4/c1-19-14(18)16-10-9-15-13(17)8-5-11-20-12-6-3-2-4-7-12/h2-4,6-7H,5,8-11H2,1H3,(H,15,17)(H,16,18). The van der Waals surface area contributed by atoms with Crippen molar-refractivity contribution in [1.82, 2.24) is 10.6 Å². The third-order valence-electron chi connectivity index (χ3n) is 2.46. The maximum Gasteiger partial charge on any atom is 0.406 e. The summed E-state index contributed by atoms with van der Waals surface area (Å²) in [5.74, 6) is 0.739. The summed E-state index contributed by atoms with van der Waals surface area (Å²) in [4.78, 5) is 22.2. The molecule has 0 atom stereocenters. The van der Waals surface area contributed by atoms with Crippen molar-refractivity contribution >= 4 is 12.0 Å². The van der Waals surface area contributed by atoms with Crippen LogP contribution in [0, 0.1) is 0 Å². The van der Waals surface area contributed by atoms with E-state index in [1.54, 1.807) is 0 Å². The number of methoxy groups -OCH3 is 1. The molecular formula is C14H20N2O4. The minimum atomic E-state index is -0.504. The van der Waals surface area contributed by atoms with Crippen molar-refractivity contribution in [2.24, 2.45) is 0 Å². The Morgan fingerprint density at radius 3 is 2.50 bits per heavy atom. The number of carbonyl (C=O) groups is 2. The fourth-order valence-corrected chi connectivity index (χ4v) is 1.47. The molecule has 20 heavy (non-hydrogen) atoms. The molecule has 2 amide bonds. The summed E-state index contributed by atoms with van der Waals surface area (Å²) in [6.45, 7) is 1.23. The van der Waals surface area contributed by atoms with E-state index in [1.165, 1.54) is 7.11 Å². The van der Waals surface area contributed by atoms with Gasteiger partial charge >= 0.3 is 6.09 Å². The fourth-order valence-electron chi connectivity index (χ4n) is 1.47. The molecule has 6 nitrogen and oxygen atoms in total. The third kappa shape index (κ3) is 7.25. The molecular weight excluding hydrogens is 260 g/mol. The van der Waals surface area contributed by atoms with E-state index in [2.05, 4.69) is 15.4 Å². The van der Waals surface area contributed by atoms with Crippen LogP contribution in [0.15, 0.2) is 30.3 Å². The Kier molecular flexibility index (Phi) is 7.64. The van der Waals surface area contributed by atoms with Gasteiger partial charge in [-0.3, -0.25) is 4.79 Å². The zero-order valence-corrected chi connectivity index (χ0v) is 11.6. The first kappa shape index (κ1) is 15.8. The summed E-state index contributed by atoms with van der Waals surface area (Å²) >= 11 is 0. The Bertz CT molecular complexity index is 409. The number of amides is 2. The van der Waals surface area contributed by atoms with Crippen molar-refractivity contribution in [3.8, 4) is 5.75 Å². The minimum Gasteiger partial charge on any atom is -0.494 e. The number of alkyl carbamates (subject to hydrolysis) is 1. The van der Waals surface area contributed by atoms with Gasteiger partial charge in [0.1, 0.15) is 5.75 Å². The van der Waals surface area contributed by atoms with Gasteiger partial charge in [-0.15, -0.1) is 0 Å². The van der Waals surface area contributed by atoms with E-state index in [4.69, 9.17) is 4.74 Å². The molecule has 0 bridgehead atoms. The molecule has 0 aliphatic heterocycles. The number of rotatable bonds is 8. The highest BCUT2D eigenvalue weighted by molar-refractivity contribution is 5.75. The van der Waals surface area contributed by atoms with E-state index in [0.717, 1.165) is 5.75 Å². The van der Waals surface area contributed by atoms with Crippen LogP contribution in [-0.4, -0.2) is 38.8 Å². The topological polar surface area (TPSA) is 76.7 Å². The molecule has 0 saturated carbocycles.